The van der Waals surface area contributed by atoms with Gasteiger partial charge in [0, 0.05) is 24.9 Å². The molecule has 0 radical (unpaired) electrons. The van der Waals surface area contributed by atoms with E-state index in [1.165, 1.54) is 21.8 Å². The quantitative estimate of drug-likeness (QED) is 0.848. The van der Waals surface area contributed by atoms with Crippen LogP contribution in [-0.2, 0) is 4.79 Å². The lowest BCUT2D eigenvalue weighted by molar-refractivity contribution is -0.121. The zero-order chi connectivity index (χ0) is 16.7. The Morgan fingerprint density at radius 1 is 1.22 bits per heavy atom. The fourth-order valence-electron chi connectivity index (χ4n) is 2.41. The molecule has 2 rings (SSSR count). The van der Waals surface area contributed by atoms with Crippen LogP contribution in [0.2, 0.25) is 0 Å². The fraction of sp³-hybridized carbons (Fsp3) is 0.333. The predicted molar refractivity (Wildman–Crippen MR) is 93.8 cm³/mol. The van der Waals surface area contributed by atoms with Crippen LogP contribution in [0.15, 0.2) is 47.2 Å². The maximum Gasteiger partial charge on any atom is 0.254 e. The van der Waals surface area contributed by atoms with E-state index >= 15 is 0 Å². The Bertz CT molecular complexity index is 626. The fourth-order valence-corrected chi connectivity index (χ4v) is 3.04. The largest absolute Gasteiger partial charge is 0.354 e. The standard InChI is InChI=1S/C18H22N2O2S/c1-3-14(15-7-5-4-6-8-15)11-19-17(21)12-20(2)18(22)16-9-10-23-13-16/h4-10,13-14H,3,11-12H2,1-2H3,(H,19,21)/t14-/m1/s1. The molecule has 1 atom stereocenters. The highest BCUT2D eigenvalue weighted by atomic mass is 32.1. The highest BCUT2D eigenvalue weighted by Gasteiger charge is 2.16. The molecule has 0 fully saturated rings. The van der Waals surface area contributed by atoms with Gasteiger partial charge in [-0.25, -0.2) is 0 Å². The number of hydrogen-bond acceptors (Lipinski definition) is 3. The zero-order valence-corrected chi connectivity index (χ0v) is 14.3. The summed E-state index contributed by atoms with van der Waals surface area (Å²) in [6, 6.07) is 11.9. The molecule has 1 aromatic carbocycles. The van der Waals surface area contributed by atoms with Gasteiger partial charge in [-0.15, -0.1) is 0 Å². The Balaban J connectivity index is 1.83. The van der Waals surface area contributed by atoms with Crippen molar-refractivity contribution in [2.45, 2.75) is 19.3 Å². The minimum Gasteiger partial charge on any atom is -0.354 e. The van der Waals surface area contributed by atoms with E-state index in [1.54, 1.807) is 18.5 Å². The van der Waals surface area contributed by atoms with E-state index in [9.17, 15) is 9.59 Å². The van der Waals surface area contributed by atoms with Crippen LogP contribution in [0.5, 0.6) is 0 Å². The topological polar surface area (TPSA) is 49.4 Å². The Morgan fingerprint density at radius 3 is 2.57 bits per heavy atom. The molecular formula is C18H22N2O2S. The first-order valence-electron chi connectivity index (χ1n) is 7.71. The summed E-state index contributed by atoms with van der Waals surface area (Å²) in [5.74, 6) is 0.0278. The highest BCUT2D eigenvalue weighted by Crippen LogP contribution is 2.17. The van der Waals surface area contributed by atoms with Crippen molar-refractivity contribution in [2.75, 3.05) is 20.1 Å². The molecule has 0 aliphatic carbocycles. The van der Waals surface area contributed by atoms with Gasteiger partial charge in [-0.05, 0) is 23.4 Å². The first-order chi connectivity index (χ1) is 11.1. The Hall–Kier alpha value is -2.14. The number of likely N-dealkylation sites (N-methyl/N-ethyl adjacent to an activating group) is 1. The maximum atomic E-state index is 12.1. The molecule has 0 unspecified atom stereocenters. The average molecular weight is 330 g/mol. The van der Waals surface area contributed by atoms with E-state index in [4.69, 9.17) is 0 Å². The van der Waals surface area contributed by atoms with Crippen molar-refractivity contribution in [1.29, 1.82) is 0 Å². The lowest BCUT2D eigenvalue weighted by Crippen LogP contribution is -2.39. The molecule has 23 heavy (non-hydrogen) atoms. The molecule has 0 bridgehead atoms. The van der Waals surface area contributed by atoms with Crippen molar-refractivity contribution in [3.63, 3.8) is 0 Å². The van der Waals surface area contributed by atoms with Crippen LogP contribution in [0.3, 0.4) is 0 Å². The molecular weight excluding hydrogens is 308 g/mol. The maximum absolute atomic E-state index is 12.1. The van der Waals surface area contributed by atoms with Crippen molar-refractivity contribution in [3.8, 4) is 0 Å². The Morgan fingerprint density at radius 2 is 1.96 bits per heavy atom. The number of thiophene rings is 1. The summed E-state index contributed by atoms with van der Waals surface area (Å²) in [5.41, 5.74) is 1.85. The van der Waals surface area contributed by atoms with Gasteiger partial charge in [0.15, 0.2) is 0 Å². The van der Waals surface area contributed by atoms with Crippen LogP contribution in [0.1, 0.15) is 35.2 Å². The van der Waals surface area contributed by atoms with Crippen molar-refractivity contribution in [2.24, 2.45) is 0 Å². The van der Waals surface area contributed by atoms with Gasteiger partial charge in [-0.1, -0.05) is 37.3 Å². The predicted octanol–water partition coefficient (Wildman–Crippen LogP) is 3.13. The first kappa shape index (κ1) is 17.2. The Kier molecular flexibility index (Phi) is 6.35. The smallest absolute Gasteiger partial charge is 0.254 e. The number of rotatable bonds is 7. The normalized spacial score (nSPS) is 11.7. The number of nitrogens with one attached hydrogen (secondary N) is 1. The first-order valence-corrected chi connectivity index (χ1v) is 8.65. The molecule has 1 heterocycles. The summed E-state index contributed by atoms with van der Waals surface area (Å²) in [6.07, 6.45) is 0.952. The number of carbonyl (C=O) groups excluding carboxylic acids is 2. The monoisotopic (exact) mass is 330 g/mol. The van der Waals surface area contributed by atoms with Crippen LogP contribution in [-0.4, -0.2) is 36.9 Å². The highest BCUT2D eigenvalue weighted by molar-refractivity contribution is 7.08. The summed E-state index contributed by atoms with van der Waals surface area (Å²) < 4.78 is 0. The summed E-state index contributed by atoms with van der Waals surface area (Å²) in [4.78, 5) is 25.6. The van der Waals surface area contributed by atoms with Crippen molar-refractivity contribution in [3.05, 3.63) is 58.3 Å². The molecule has 122 valence electrons. The molecule has 0 aliphatic heterocycles. The van der Waals surface area contributed by atoms with E-state index in [-0.39, 0.29) is 24.3 Å². The molecule has 2 aromatic rings. The number of amides is 2. The van der Waals surface area contributed by atoms with E-state index in [1.807, 2.05) is 23.6 Å². The zero-order valence-electron chi connectivity index (χ0n) is 13.5. The average Bonchev–Trinajstić information content (AvgIpc) is 3.10. The van der Waals surface area contributed by atoms with Crippen molar-refractivity contribution < 1.29 is 9.59 Å². The summed E-state index contributed by atoms with van der Waals surface area (Å²) in [7, 11) is 1.65. The summed E-state index contributed by atoms with van der Waals surface area (Å²) in [5, 5.41) is 6.58. The second-order valence-corrected chi connectivity index (χ2v) is 6.27. The van der Waals surface area contributed by atoms with Crippen LogP contribution in [0, 0.1) is 0 Å². The lowest BCUT2D eigenvalue weighted by atomic mass is 9.96. The van der Waals surface area contributed by atoms with E-state index < -0.39 is 0 Å². The van der Waals surface area contributed by atoms with Gasteiger partial charge >= 0.3 is 0 Å². The molecule has 1 N–H and O–H groups in total. The van der Waals surface area contributed by atoms with Gasteiger partial charge in [0.25, 0.3) is 5.91 Å². The molecule has 5 heteroatoms. The van der Waals surface area contributed by atoms with Crippen LogP contribution in [0.25, 0.3) is 0 Å². The van der Waals surface area contributed by atoms with E-state index in [0.717, 1.165) is 6.42 Å². The Labute approximate surface area is 141 Å². The van der Waals surface area contributed by atoms with Crippen LogP contribution >= 0.6 is 11.3 Å². The molecule has 0 aliphatic rings. The SMILES string of the molecule is CC[C@H](CNC(=O)CN(C)C(=O)c1ccsc1)c1ccccc1. The minimum absolute atomic E-state index is 0.0693. The molecule has 0 saturated heterocycles. The van der Waals surface area contributed by atoms with Crippen molar-refractivity contribution >= 4 is 23.2 Å². The molecule has 0 saturated carbocycles. The second-order valence-electron chi connectivity index (χ2n) is 5.49. The molecule has 4 nitrogen and oxygen atoms in total. The van der Waals surface area contributed by atoms with Crippen LogP contribution in [0.4, 0.5) is 0 Å². The number of hydrogen-bond donors (Lipinski definition) is 1. The van der Waals surface area contributed by atoms with Crippen LogP contribution < -0.4 is 5.32 Å². The van der Waals surface area contributed by atoms with E-state index in [2.05, 4.69) is 24.4 Å². The number of nitrogens with zero attached hydrogens (tertiary/aromatic N) is 1. The van der Waals surface area contributed by atoms with Gasteiger partial charge in [0.05, 0.1) is 12.1 Å². The number of benzene rings is 1. The molecule has 1 aromatic heterocycles. The summed E-state index contributed by atoms with van der Waals surface area (Å²) in [6.45, 7) is 2.76. The molecule has 2 amide bonds. The van der Waals surface area contributed by atoms with Gasteiger partial charge in [-0.3, -0.25) is 9.59 Å². The lowest BCUT2D eigenvalue weighted by Gasteiger charge is -2.19. The van der Waals surface area contributed by atoms with E-state index in [0.29, 0.717) is 12.1 Å². The van der Waals surface area contributed by atoms with Gasteiger partial charge in [0.1, 0.15) is 0 Å². The van der Waals surface area contributed by atoms with Gasteiger partial charge < -0.3 is 10.2 Å². The number of carbonyl (C=O) groups is 2. The van der Waals surface area contributed by atoms with Gasteiger partial charge in [0.2, 0.25) is 5.91 Å². The third-order valence-electron chi connectivity index (χ3n) is 3.81. The third-order valence-corrected chi connectivity index (χ3v) is 4.49. The van der Waals surface area contributed by atoms with Gasteiger partial charge in [-0.2, -0.15) is 11.3 Å². The minimum atomic E-state index is -0.134. The second kappa shape index (κ2) is 8.48. The summed E-state index contributed by atoms with van der Waals surface area (Å²) >= 11 is 1.47. The van der Waals surface area contributed by atoms with Crippen molar-refractivity contribution in [1.82, 2.24) is 10.2 Å². The molecule has 0 spiro atoms. The third kappa shape index (κ3) is 4.93.